The van der Waals surface area contributed by atoms with Crippen LogP contribution >= 0.6 is 11.6 Å². The van der Waals surface area contributed by atoms with E-state index in [4.69, 9.17) is 16.0 Å². The first-order valence-electron chi connectivity index (χ1n) is 9.69. The molecule has 0 atom stereocenters. The van der Waals surface area contributed by atoms with Gasteiger partial charge in [0.2, 0.25) is 0 Å². The van der Waals surface area contributed by atoms with Crippen molar-refractivity contribution in [3.05, 3.63) is 99.4 Å². The Balaban J connectivity index is 1.67. The van der Waals surface area contributed by atoms with Crippen LogP contribution in [0.5, 0.6) is 0 Å². The molecule has 31 heavy (non-hydrogen) atoms. The summed E-state index contributed by atoms with van der Waals surface area (Å²) in [6, 6.07) is 21.5. The summed E-state index contributed by atoms with van der Waals surface area (Å²) in [7, 11) is 0. The zero-order valence-electron chi connectivity index (χ0n) is 16.7. The zero-order valence-corrected chi connectivity index (χ0v) is 17.5. The van der Waals surface area contributed by atoms with Gasteiger partial charge in [0.05, 0.1) is 5.69 Å². The van der Waals surface area contributed by atoms with Gasteiger partial charge < -0.3 is 15.1 Å². The van der Waals surface area contributed by atoms with Crippen molar-refractivity contribution in [3.8, 4) is 0 Å². The van der Waals surface area contributed by atoms with Gasteiger partial charge in [-0.2, -0.15) is 0 Å². The highest BCUT2D eigenvalue weighted by molar-refractivity contribution is 6.31. The number of hydrogen-bond donors (Lipinski definition) is 3. The SMILES string of the molecule is Cc1ccc(Cl)cc1NC(=O)Nc1c(NCc2ccccc2)c2ccccc2oc1=O. The zero-order chi connectivity index (χ0) is 21.8. The van der Waals surface area contributed by atoms with Crippen LogP contribution < -0.4 is 21.6 Å². The quantitative estimate of drug-likeness (QED) is 0.336. The van der Waals surface area contributed by atoms with Gasteiger partial charge in [-0.25, -0.2) is 9.59 Å². The molecule has 0 aliphatic carbocycles. The Labute approximate surface area is 183 Å². The van der Waals surface area contributed by atoms with Crippen molar-refractivity contribution in [3.63, 3.8) is 0 Å². The Morgan fingerprint density at radius 1 is 0.935 bits per heavy atom. The van der Waals surface area contributed by atoms with Crippen molar-refractivity contribution in [1.29, 1.82) is 0 Å². The summed E-state index contributed by atoms with van der Waals surface area (Å²) in [5, 5.41) is 9.84. The summed E-state index contributed by atoms with van der Waals surface area (Å²) < 4.78 is 5.42. The number of halogens is 1. The van der Waals surface area contributed by atoms with Gasteiger partial charge in [0.1, 0.15) is 5.58 Å². The largest absolute Gasteiger partial charge is 0.421 e. The third kappa shape index (κ3) is 4.70. The van der Waals surface area contributed by atoms with Crippen molar-refractivity contribution < 1.29 is 9.21 Å². The molecule has 1 aromatic heterocycles. The summed E-state index contributed by atoms with van der Waals surface area (Å²) >= 11 is 6.03. The average molecular weight is 434 g/mol. The lowest BCUT2D eigenvalue weighted by molar-refractivity contribution is 0.262. The molecular formula is C24H20ClN3O3. The molecule has 3 aromatic carbocycles. The molecule has 0 fully saturated rings. The van der Waals surface area contributed by atoms with E-state index in [0.717, 1.165) is 11.1 Å². The first-order valence-corrected chi connectivity index (χ1v) is 10.1. The number of benzene rings is 3. The first kappa shape index (κ1) is 20.5. The molecule has 0 radical (unpaired) electrons. The van der Waals surface area contributed by atoms with E-state index < -0.39 is 11.7 Å². The molecule has 0 unspecified atom stereocenters. The minimum atomic E-state index is -0.646. The van der Waals surface area contributed by atoms with Crippen LogP contribution in [0.15, 0.2) is 82.0 Å². The molecule has 0 bridgehead atoms. The number of urea groups is 1. The maximum absolute atomic E-state index is 12.7. The molecule has 156 valence electrons. The molecule has 0 saturated carbocycles. The fourth-order valence-electron chi connectivity index (χ4n) is 3.23. The number of amides is 2. The molecule has 0 aliphatic rings. The van der Waals surface area contributed by atoms with E-state index in [1.54, 1.807) is 30.3 Å². The minimum absolute atomic E-state index is 0.0341. The van der Waals surface area contributed by atoms with Gasteiger partial charge in [-0.15, -0.1) is 0 Å². The Hall–Kier alpha value is -3.77. The average Bonchev–Trinajstić information content (AvgIpc) is 2.77. The van der Waals surface area contributed by atoms with Crippen LogP contribution in [0.4, 0.5) is 21.9 Å². The first-order chi connectivity index (χ1) is 15.0. The lowest BCUT2D eigenvalue weighted by atomic mass is 10.1. The maximum Gasteiger partial charge on any atom is 0.362 e. The van der Waals surface area contributed by atoms with Gasteiger partial charge in [-0.3, -0.25) is 5.32 Å². The molecule has 4 aromatic rings. The Morgan fingerprint density at radius 2 is 1.68 bits per heavy atom. The molecule has 7 heteroatoms. The summed E-state index contributed by atoms with van der Waals surface area (Å²) in [6.07, 6.45) is 0. The van der Waals surface area contributed by atoms with E-state index >= 15 is 0 Å². The van der Waals surface area contributed by atoms with Gasteiger partial charge in [-0.1, -0.05) is 60.1 Å². The lowest BCUT2D eigenvalue weighted by Gasteiger charge is -2.15. The fraction of sp³-hybridized carbons (Fsp3) is 0.0833. The predicted octanol–water partition coefficient (Wildman–Crippen LogP) is 6.01. The summed E-state index contributed by atoms with van der Waals surface area (Å²) in [5.41, 5.74) is 2.73. The second kappa shape index (κ2) is 8.93. The van der Waals surface area contributed by atoms with E-state index in [-0.39, 0.29) is 5.69 Å². The predicted molar refractivity (Wildman–Crippen MR) is 125 cm³/mol. The Morgan fingerprint density at radius 3 is 2.48 bits per heavy atom. The van der Waals surface area contributed by atoms with Crippen molar-refractivity contribution in [1.82, 2.24) is 0 Å². The van der Waals surface area contributed by atoms with Crippen molar-refractivity contribution in [2.45, 2.75) is 13.5 Å². The van der Waals surface area contributed by atoms with Gasteiger partial charge in [0.15, 0.2) is 5.69 Å². The van der Waals surface area contributed by atoms with Crippen molar-refractivity contribution >= 4 is 45.7 Å². The standard InChI is InChI=1S/C24H20ClN3O3/c1-15-11-12-17(25)13-19(15)27-24(30)28-22-21(26-14-16-7-3-2-4-8-16)18-9-5-6-10-20(18)31-23(22)29/h2-13,26H,14H2,1H3,(H2,27,28,30). The maximum atomic E-state index is 12.7. The molecule has 4 rings (SSSR count). The van der Waals surface area contributed by atoms with Crippen LogP contribution in [-0.2, 0) is 6.54 Å². The lowest BCUT2D eigenvalue weighted by Crippen LogP contribution is -2.25. The van der Waals surface area contributed by atoms with Crippen LogP contribution in [0, 0.1) is 6.92 Å². The third-order valence-corrected chi connectivity index (χ3v) is 5.05. The molecule has 0 saturated heterocycles. The molecule has 6 nitrogen and oxygen atoms in total. The summed E-state index contributed by atoms with van der Waals surface area (Å²) in [5.74, 6) is 0. The van der Waals surface area contributed by atoms with Crippen LogP contribution in [0.25, 0.3) is 11.0 Å². The van der Waals surface area contributed by atoms with E-state index in [1.165, 1.54) is 0 Å². The number of para-hydroxylation sites is 1. The second-order valence-electron chi connectivity index (χ2n) is 7.01. The van der Waals surface area contributed by atoms with Gasteiger partial charge >= 0.3 is 11.7 Å². The number of hydrogen-bond acceptors (Lipinski definition) is 4. The van der Waals surface area contributed by atoms with Crippen LogP contribution in [-0.4, -0.2) is 6.03 Å². The van der Waals surface area contributed by atoms with Gasteiger partial charge in [0.25, 0.3) is 0 Å². The molecule has 0 aliphatic heterocycles. The van der Waals surface area contributed by atoms with Gasteiger partial charge in [0, 0.05) is 22.6 Å². The second-order valence-corrected chi connectivity index (χ2v) is 7.45. The summed E-state index contributed by atoms with van der Waals surface area (Å²) in [6.45, 7) is 2.32. The van der Waals surface area contributed by atoms with E-state index in [1.807, 2.05) is 49.4 Å². The molecular weight excluding hydrogens is 414 g/mol. The van der Waals surface area contributed by atoms with Gasteiger partial charge in [-0.05, 0) is 42.3 Å². The highest BCUT2D eigenvalue weighted by Gasteiger charge is 2.17. The summed E-state index contributed by atoms with van der Waals surface area (Å²) in [4.78, 5) is 25.4. The van der Waals surface area contributed by atoms with E-state index in [2.05, 4.69) is 16.0 Å². The molecule has 1 heterocycles. The number of carbonyl (C=O) groups is 1. The fourth-order valence-corrected chi connectivity index (χ4v) is 3.40. The normalized spacial score (nSPS) is 10.6. The van der Waals surface area contributed by atoms with Crippen molar-refractivity contribution in [2.24, 2.45) is 0 Å². The number of rotatable bonds is 5. The van der Waals surface area contributed by atoms with Crippen LogP contribution in [0.1, 0.15) is 11.1 Å². The Kier molecular flexibility index (Phi) is 5.91. The number of anilines is 3. The van der Waals surface area contributed by atoms with E-state index in [0.29, 0.717) is 33.9 Å². The highest BCUT2D eigenvalue weighted by atomic mass is 35.5. The number of nitrogens with one attached hydrogen (secondary N) is 3. The molecule has 2 amide bonds. The van der Waals surface area contributed by atoms with E-state index in [9.17, 15) is 9.59 Å². The van der Waals surface area contributed by atoms with Crippen LogP contribution in [0.2, 0.25) is 5.02 Å². The van der Waals surface area contributed by atoms with Crippen LogP contribution in [0.3, 0.4) is 0 Å². The number of aryl methyl sites for hydroxylation is 1. The highest BCUT2D eigenvalue weighted by Crippen LogP contribution is 2.29. The number of carbonyl (C=O) groups excluding carboxylic acids is 1. The Bertz CT molecular complexity index is 1300. The number of fused-ring (bicyclic) bond motifs is 1. The smallest absolute Gasteiger partial charge is 0.362 e. The molecule has 0 spiro atoms. The monoisotopic (exact) mass is 433 g/mol. The molecule has 3 N–H and O–H groups in total. The van der Waals surface area contributed by atoms with Crippen molar-refractivity contribution in [2.75, 3.05) is 16.0 Å². The topological polar surface area (TPSA) is 83.4 Å². The minimum Gasteiger partial charge on any atom is -0.421 e. The third-order valence-electron chi connectivity index (χ3n) is 4.81.